The van der Waals surface area contributed by atoms with E-state index >= 15 is 0 Å². The van der Waals surface area contributed by atoms with Gasteiger partial charge in [-0.2, -0.15) is 0 Å². The molecule has 4 aromatic rings. The van der Waals surface area contributed by atoms with Gasteiger partial charge in [-0.15, -0.1) is 11.3 Å². The summed E-state index contributed by atoms with van der Waals surface area (Å²) in [5.74, 6) is -0.370. The standard InChI is InChI=1S/C27H23N3O2S/c1-19-7-5-10-22(17-19)30(2)27(32)21-9-6-8-20(18-21)13-14-25(31)29-24-12-4-3-11-23(24)26-28-15-16-33-26/h3-18H,1-2H3,(H,29,31)/b14-13+. The van der Waals surface area contributed by atoms with Gasteiger partial charge in [0.05, 0.1) is 5.69 Å². The van der Waals surface area contributed by atoms with Crippen molar-refractivity contribution in [3.63, 3.8) is 0 Å². The number of nitrogens with one attached hydrogen (secondary N) is 1. The normalized spacial score (nSPS) is 10.8. The van der Waals surface area contributed by atoms with Crippen molar-refractivity contribution in [2.45, 2.75) is 6.92 Å². The molecule has 0 saturated heterocycles. The first kappa shape index (κ1) is 22.2. The Bertz CT molecular complexity index is 1310. The Morgan fingerprint density at radius 1 is 1.00 bits per heavy atom. The van der Waals surface area contributed by atoms with E-state index in [9.17, 15) is 9.59 Å². The number of hydrogen-bond acceptors (Lipinski definition) is 4. The lowest BCUT2D eigenvalue weighted by Crippen LogP contribution is -2.26. The summed E-state index contributed by atoms with van der Waals surface area (Å²) in [5, 5.41) is 5.66. The van der Waals surface area contributed by atoms with E-state index in [-0.39, 0.29) is 11.8 Å². The highest BCUT2D eigenvalue weighted by atomic mass is 32.1. The average molecular weight is 454 g/mol. The molecule has 1 aromatic heterocycles. The first-order chi connectivity index (χ1) is 16.0. The van der Waals surface area contributed by atoms with E-state index in [4.69, 9.17) is 0 Å². The second-order valence-electron chi connectivity index (χ2n) is 7.53. The van der Waals surface area contributed by atoms with Crippen LogP contribution >= 0.6 is 11.3 Å². The number of carbonyl (C=O) groups excluding carboxylic acids is 2. The van der Waals surface area contributed by atoms with Crippen LogP contribution in [0, 0.1) is 6.92 Å². The zero-order valence-corrected chi connectivity index (χ0v) is 19.2. The van der Waals surface area contributed by atoms with E-state index in [1.165, 1.54) is 17.4 Å². The van der Waals surface area contributed by atoms with E-state index in [1.807, 2.05) is 73.0 Å². The van der Waals surface area contributed by atoms with Crippen LogP contribution in [0.1, 0.15) is 21.5 Å². The Balaban J connectivity index is 1.47. The van der Waals surface area contributed by atoms with Crippen molar-refractivity contribution >= 4 is 40.6 Å². The number of para-hydroxylation sites is 1. The number of rotatable bonds is 6. The minimum absolute atomic E-state index is 0.113. The lowest BCUT2D eigenvalue weighted by atomic mass is 10.1. The molecule has 0 radical (unpaired) electrons. The zero-order chi connectivity index (χ0) is 23.2. The number of nitrogens with zero attached hydrogens (tertiary/aromatic N) is 2. The largest absolute Gasteiger partial charge is 0.322 e. The van der Waals surface area contributed by atoms with Gasteiger partial charge in [-0.1, -0.05) is 36.4 Å². The highest BCUT2D eigenvalue weighted by Gasteiger charge is 2.14. The van der Waals surface area contributed by atoms with Gasteiger partial charge in [0.25, 0.3) is 5.91 Å². The number of amides is 2. The lowest BCUT2D eigenvalue weighted by Gasteiger charge is -2.18. The van der Waals surface area contributed by atoms with Gasteiger partial charge in [0, 0.05) is 41.5 Å². The van der Waals surface area contributed by atoms with Crippen molar-refractivity contribution in [3.05, 3.63) is 107 Å². The Hall–Kier alpha value is -4.03. The summed E-state index contributed by atoms with van der Waals surface area (Å²) in [6.45, 7) is 1.99. The third-order valence-corrected chi connectivity index (χ3v) is 5.91. The van der Waals surface area contributed by atoms with Gasteiger partial charge in [-0.05, 0) is 60.5 Å². The molecule has 1 N–H and O–H groups in total. The second kappa shape index (κ2) is 10.1. The molecule has 4 rings (SSSR count). The topological polar surface area (TPSA) is 62.3 Å². The summed E-state index contributed by atoms with van der Waals surface area (Å²) in [6, 6.07) is 22.6. The van der Waals surface area contributed by atoms with Crippen LogP contribution in [0.5, 0.6) is 0 Å². The molecule has 0 spiro atoms. The zero-order valence-electron chi connectivity index (χ0n) is 18.4. The Labute approximate surface area is 197 Å². The average Bonchev–Trinajstić information content (AvgIpc) is 3.37. The van der Waals surface area contributed by atoms with E-state index in [1.54, 1.807) is 36.4 Å². The van der Waals surface area contributed by atoms with Crippen molar-refractivity contribution in [2.24, 2.45) is 0 Å². The number of thiazole rings is 1. The third-order valence-electron chi connectivity index (χ3n) is 5.10. The molecule has 0 bridgehead atoms. The fourth-order valence-electron chi connectivity index (χ4n) is 3.40. The predicted octanol–water partition coefficient (Wildman–Crippen LogP) is 6.05. The Morgan fingerprint density at radius 3 is 2.61 bits per heavy atom. The van der Waals surface area contributed by atoms with Gasteiger partial charge >= 0.3 is 0 Å². The Kier molecular flexibility index (Phi) is 6.76. The summed E-state index contributed by atoms with van der Waals surface area (Å²) in [4.78, 5) is 31.5. The number of benzene rings is 3. The summed E-state index contributed by atoms with van der Waals surface area (Å²) in [7, 11) is 1.76. The highest BCUT2D eigenvalue weighted by Crippen LogP contribution is 2.29. The molecule has 0 aliphatic carbocycles. The molecule has 0 aliphatic rings. The number of anilines is 2. The number of aromatic nitrogens is 1. The molecule has 0 fully saturated rings. The van der Waals surface area contributed by atoms with Crippen molar-refractivity contribution in [1.29, 1.82) is 0 Å². The summed E-state index contributed by atoms with van der Waals surface area (Å²) in [6.07, 6.45) is 4.90. The first-order valence-corrected chi connectivity index (χ1v) is 11.3. The van der Waals surface area contributed by atoms with Gasteiger partial charge in [0.15, 0.2) is 0 Å². The predicted molar refractivity (Wildman–Crippen MR) is 136 cm³/mol. The van der Waals surface area contributed by atoms with Crippen molar-refractivity contribution in [3.8, 4) is 10.6 Å². The molecule has 164 valence electrons. The van der Waals surface area contributed by atoms with E-state index in [0.717, 1.165) is 27.4 Å². The Morgan fingerprint density at radius 2 is 1.82 bits per heavy atom. The molecular weight excluding hydrogens is 430 g/mol. The fraction of sp³-hybridized carbons (Fsp3) is 0.0741. The van der Waals surface area contributed by atoms with Gasteiger partial charge < -0.3 is 10.2 Å². The van der Waals surface area contributed by atoms with Crippen LogP contribution in [0.25, 0.3) is 16.6 Å². The fourth-order valence-corrected chi connectivity index (χ4v) is 4.08. The number of hydrogen-bond donors (Lipinski definition) is 1. The third kappa shape index (κ3) is 5.42. The van der Waals surface area contributed by atoms with E-state index in [0.29, 0.717) is 11.3 Å². The molecule has 0 atom stereocenters. The second-order valence-corrected chi connectivity index (χ2v) is 8.43. The molecule has 0 aliphatic heterocycles. The molecule has 2 amide bonds. The van der Waals surface area contributed by atoms with Crippen LogP contribution < -0.4 is 10.2 Å². The van der Waals surface area contributed by atoms with Gasteiger partial charge in [-0.3, -0.25) is 9.59 Å². The van der Waals surface area contributed by atoms with E-state index < -0.39 is 0 Å². The summed E-state index contributed by atoms with van der Waals surface area (Å²) < 4.78 is 0. The van der Waals surface area contributed by atoms with Gasteiger partial charge in [-0.25, -0.2) is 4.98 Å². The van der Waals surface area contributed by atoms with Crippen LogP contribution in [0.2, 0.25) is 0 Å². The monoisotopic (exact) mass is 453 g/mol. The molecule has 6 heteroatoms. The molecule has 0 unspecified atom stereocenters. The van der Waals surface area contributed by atoms with Gasteiger partial charge in [0.1, 0.15) is 5.01 Å². The van der Waals surface area contributed by atoms with Crippen molar-refractivity contribution < 1.29 is 9.59 Å². The highest BCUT2D eigenvalue weighted by molar-refractivity contribution is 7.13. The van der Waals surface area contributed by atoms with Crippen LogP contribution in [-0.2, 0) is 4.79 Å². The molecule has 3 aromatic carbocycles. The smallest absolute Gasteiger partial charge is 0.258 e. The van der Waals surface area contributed by atoms with Crippen LogP contribution in [0.15, 0.2) is 90.4 Å². The molecular formula is C27H23N3O2S. The quantitative estimate of drug-likeness (QED) is 0.362. The minimum Gasteiger partial charge on any atom is -0.322 e. The first-order valence-electron chi connectivity index (χ1n) is 10.4. The van der Waals surface area contributed by atoms with Gasteiger partial charge in [0.2, 0.25) is 5.91 Å². The van der Waals surface area contributed by atoms with Crippen LogP contribution in [0.4, 0.5) is 11.4 Å². The molecule has 5 nitrogen and oxygen atoms in total. The maximum Gasteiger partial charge on any atom is 0.258 e. The van der Waals surface area contributed by atoms with Crippen LogP contribution in [0.3, 0.4) is 0 Å². The number of carbonyl (C=O) groups is 2. The molecule has 0 saturated carbocycles. The molecule has 33 heavy (non-hydrogen) atoms. The summed E-state index contributed by atoms with van der Waals surface area (Å²) in [5.41, 5.74) is 4.81. The van der Waals surface area contributed by atoms with Crippen LogP contribution in [-0.4, -0.2) is 23.8 Å². The van der Waals surface area contributed by atoms with Crippen molar-refractivity contribution in [2.75, 3.05) is 17.3 Å². The summed E-state index contributed by atoms with van der Waals surface area (Å²) >= 11 is 1.52. The molecule has 1 heterocycles. The SMILES string of the molecule is Cc1cccc(N(C)C(=O)c2cccc(/C=C/C(=O)Nc3ccccc3-c3nccs3)c2)c1. The maximum absolute atomic E-state index is 13.0. The van der Waals surface area contributed by atoms with Crippen molar-refractivity contribution in [1.82, 2.24) is 4.98 Å². The maximum atomic E-state index is 13.0. The minimum atomic E-state index is -0.257. The number of aryl methyl sites for hydroxylation is 1. The lowest BCUT2D eigenvalue weighted by molar-refractivity contribution is -0.111. The van der Waals surface area contributed by atoms with E-state index in [2.05, 4.69) is 10.3 Å².